The average Bonchev–Trinajstić information content (AvgIpc) is 3.41. The van der Waals surface area contributed by atoms with Gasteiger partial charge in [-0.2, -0.15) is 18.3 Å². The van der Waals surface area contributed by atoms with Crippen LogP contribution in [0.5, 0.6) is 11.5 Å². The Hall–Kier alpha value is -3.82. The molecule has 0 aliphatic carbocycles. The molecular weight excluding hydrogens is 411 g/mol. The second-order valence-corrected chi connectivity index (χ2v) is 6.73. The van der Waals surface area contributed by atoms with E-state index in [1.54, 1.807) is 49.5 Å². The molecule has 10 heteroatoms. The van der Waals surface area contributed by atoms with Crippen molar-refractivity contribution in [1.29, 1.82) is 0 Å². The van der Waals surface area contributed by atoms with Gasteiger partial charge in [0.05, 0.1) is 30.9 Å². The van der Waals surface area contributed by atoms with Gasteiger partial charge in [-0.25, -0.2) is 9.36 Å². The quantitative estimate of drug-likeness (QED) is 0.508. The SMILES string of the molecule is CCc1cnn(-c2ccc(-c3cn(-c4ccc(O)c(OC)c4)nn3)cc2)c1C(F)(F)F. The molecule has 7 nitrogen and oxygen atoms in total. The largest absolute Gasteiger partial charge is 0.504 e. The van der Waals surface area contributed by atoms with Gasteiger partial charge >= 0.3 is 6.18 Å². The van der Waals surface area contributed by atoms with Crippen LogP contribution in [0.4, 0.5) is 13.2 Å². The van der Waals surface area contributed by atoms with Crippen LogP contribution in [0.15, 0.2) is 54.9 Å². The number of phenols is 1. The minimum Gasteiger partial charge on any atom is -0.504 e. The minimum absolute atomic E-state index is 0.00487. The molecule has 0 saturated heterocycles. The van der Waals surface area contributed by atoms with Gasteiger partial charge in [-0.15, -0.1) is 5.10 Å². The number of alkyl halides is 3. The summed E-state index contributed by atoms with van der Waals surface area (Å²) in [7, 11) is 1.44. The van der Waals surface area contributed by atoms with Crippen molar-refractivity contribution < 1.29 is 23.0 Å². The van der Waals surface area contributed by atoms with Crippen LogP contribution in [0.3, 0.4) is 0 Å². The third-order valence-electron chi connectivity index (χ3n) is 4.82. The molecule has 0 saturated carbocycles. The van der Waals surface area contributed by atoms with Gasteiger partial charge in [0, 0.05) is 17.2 Å². The van der Waals surface area contributed by atoms with Crippen molar-refractivity contribution in [1.82, 2.24) is 24.8 Å². The highest BCUT2D eigenvalue weighted by atomic mass is 19.4. The number of ether oxygens (including phenoxy) is 1. The molecule has 4 aromatic rings. The summed E-state index contributed by atoms with van der Waals surface area (Å²) in [6, 6.07) is 11.2. The molecule has 0 radical (unpaired) electrons. The topological polar surface area (TPSA) is 78.0 Å². The number of aromatic hydroxyl groups is 1. The van der Waals surface area contributed by atoms with Gasteiger partial charge in [-0.05, 0) is 30.7 Å². The average molecular weight is 429 g/mol. The number of nitrogens with zero attached hydrogens (tertiary/aromatic N) is 5. The van der Waals surface area contributed by atoms with Crippen molar-refractivity contribution in [2.45, 2.75) is 19.5 Å². The summed E-state index contributed by atoms with van der Waals surface area (Å²) >= 11 is 0. The van der Waals surface area contributed by atoms with Gasteiger partial charge in [0.15, 0.2) is 17.2 Å². The molecule has 4 rings (SSSR count). The maximum Gasteiger partial charge on any atom is 0.433 e. The monoisotopic (exact) mass is 429 g/mol. The number of phenolic OH excluding ortho intramolecular Hbond substituents is 1. The van der Waals surface area contributed by atoms with E-state index in [1.807, 2.05) is 0 Å². The van der Waals surface area contributed by atoms with Crippen molar-refractivity contribution in [2.24, 2.45) is 0 Å². The summed E-state index contributed by atoms with van der Waals surface area (Å²) in [5, 5.41) is 21.8. The Labute approximate surface area is 175 Å². The molecule has 31 heavy (non-hydrogen) atoms. The van der Waals surface area contributed by atoms with Crippen LogP contribution in [0.2, 0.25) is 0 Å². The van der Waals surface area contributed by atoms with Crippen LogP contribution in [0.1, 0.15) is 18.2 Å². The first-order chi connectivity index (χ1) is 14.8. The Morgan fingerprint density at radius 2 is 1.77 bits per heavy atom. The Morgan fingerprint density at radius 1 is 1.06 bits per heavy atom. The van der Waals surface area contributed by atoms with E-state index < -0.39 is 11.9 Å². The number of methoxy groups -OCH3 is 1. The molecule has 1 N–H and O–H groups in total. The molecule has 0 amide bonds. The first-order valence-electron chi connectivity index (χ1n) is 9.36. The van der Waals surface area contributed by atoms with Crippen LogP contribution in [0.25, 0.3) is 22.6 Å². The van der Waals surface area contributed by atoms with Gasteiger partial charge in [-0.3, -0.25) is 0 Å². The maximum absolute atomic E-state index is 13.5. The summed E-state index contributed by atoms with van der Waals surface area (Å²) in [6.07, 6.45) is -1.36. The Kier molecular flexibility index (Phi) is 5.14. The molecule has 0 atom stereocenters. The Bertz CT molecular complexity index is 1210. The van der Waals surface area contributed by atoms with E-state index in [0.29, 0.717) is 28.4 Å². The predicted molar refractivity (Wildman–Crippen MR) is 107 cm³/mol. The van der Waals surface area contributed by atoms with E-state index in [0.717, 1.165) is 4.68 Å². The molecule has 2 aromatic heterocycles. The van der Waals surface area contributed by atoms with Crippen molar-refractivity contribution in [2.75, 3.05) is 7.11 Å². The highest BCUT2D eigenvalue weighted by molar-refractivity contribution is 5.60. The number of hydrogen-bond acceptors (Lipinski definition) is 5. The van der Waals surface area contributed by atoms with Gasteiger partial charge in [-0.1, -0.05) is 24.3 Å². The van der Waals surface area contributed by atoms with Gasteiger partial charge < -0.3 is 9.84 Å². The zero-order valence-corrected chi connectivity index (χ0v) is 16.6. The van der Waals surface area contributed by atoms with Crippen LogP contribution in [0, 0.1) is 0 Å². The van der Waals surface area contributed by atoms with Gasteiger partial charge in [0.2, 0.25) is 0 Å². The molecule has 160 valence electrons. The van der Waals surface area contributed by atoms with Crippen LogP contribution in [-0.4, -0.2) is 37.0 Å². The van der Waals surface area contributed by atoms with E-state index in [9.17, 15) is 18.3 Å². The zero-order chi connectivity index (χ0) is 22.2. The summed E-state index contributed by atoms with van der Waals surface area (Å²) in [6.45, 7) is 1.66. The van der Waals surface area contributed by atoms with Gasteiger partial charge in [0.25, 0.3) is 0 Å². The lowest BCUT2D eigenvalue weighted by molar-refractivity contribution is -0.143. The number of rotatable bonds is 5. The molecule has 0 aliphatic rings. The molecule has 0 bridgehead atoms. The summed E-state index contributed by atoms with van der Waals surface area (Å²) < 4.78 is 48.0. The molecule has 0 unspecified atom stereocenters. The fraction of sp³-hybridized carbons (Fsp3) is 0.190. The predicted octanol–water partition coefficient (Wildman–Crippen LogP) is 4.42. The molecule has 2 aromatic carbocycles. The lowest BCUT2D eigenvalue weighted by atomic mass is 10.1. The highest BCUT2D eigenvalue weighted by Crippen LogP contribution is 2.34. The number of hydrogen-bond donors (Lipinski definition) is 1. The summed E-state index contributed by atoms with van der Waals surface area (Å²) in [4.78, 5) is 0. The molecule has 2 heterocycles. The van der Waals surface area contributed by atoms with E-state index in [1.165, 1.54) is 24.1 Å². The Morgan fingerprint density at radius 3 is 2.42 bits per heavy atom. The molecule has 0 fully saturated rings. The van der Waals surface area contributed by atoms with E-state index in [-0.39, 0.29) is 17.7 Å². The first-order valence-corrected chi connectivity index (χ1v) is 9.36. The zero-order valence-electron chi connectivity index (χ0n) is 16.6. The summed E-state index contributed by atoms with van der Waals surface area (Å²) in [5.74, 6) is 0.301. The van der Waals surface area contributed by atoms with Crippen molar-refractivity contribution in [3.63, 3.8) is 0 Å². The third-order valence-corrected chi connectivity index (χ3v) is 4.82. The lowest BCUT2D eigenvalue weighted by Gasteiger charge is -2.12. The van der Waals surface area contributed by atoms with Crippen molar-refractivity contribution >= 4 is 0 Å². The normalized spacial score (nSPS) is 11.6. The second-order valence-electron chi connectivity index (χ2n) is 6.73. The Balaban J connectivity index is 1.64. The maximum atomic E-state index is 13.5. The van der Waals surface area contributed by atoms with E-state index in [2.05, 4.69) is 15.4 Å². The van der Waals surface area contributed by atoms with Crippen molar-refractivity contribution in [3.05, 3.63) is 66.1 Å². The summed E-state index contributed by atoms with van der Waals surface area (Å²) in [5.41, 5.74) is 1.51. The smallest absolute Gasteiger partial charge is 0.433 e. The number of benzene rings is 2. The number of halogens is 3. The lowest BCUT2D eigenvalue weighted by Crippen LogP contribution is -2.15. The van der Waals surface area contributed by atoms with E-state index in [4.69, 9.17) is 4.74 Å². The number of aromatic nitrogens is 5. The highest BCUT2D eigenvalue weighted by Gasteiger charge is 2.38. The van der Waals surface area contributed by atoms with Gasteiger partial charge in [0.1, 0.15) is 5.69 Å². The van der Waals surface area contributed by atoms with E-state index >= 15 is 0 Å². The fourth-order valence-electron chi connectivity index (χ4n) is 3.24. The molecular formula is C21H18F3N5O2. The fourth-order valence-corrected chi connectivity index (χ4v) is 3.24. The van der Waals surface area contributed by atoms with Crippen LogP contribution in [-0.2, 0) is 12.6 Å². The minimum atomic E-state index is -4.51. The van der Waals surface area contributed by atoms with Crippen molar-refractivity contribution in [3.8, 4) is 34.1 Å². The van der Waals surface area contributed by atoms with Crippen LogP contribution < -0.4 is 4.74 Å². The third kappa shape index (κ3) is 3.83. The van der Waals surface area contributed by atoms with Crippen LogP contribution >= 0.6 is 0 Å². The second kappa shape index (κ2) is 7.78. The molecule has 0 spiro atoms. The first kappa shape index (κ1) is 20.5. The standard InChI is InChI=1S/C21H18F3N5O2/c1-3-13-11-25-29(20(13)21(22,23)24)15-6-4-14(5-7-15)17-12-28(27-26-17)16-8-9-18(30)19(10-16)31-2/h4-12,30H,3H2,1-2H3. The molecule has 0 aliphatic heterocycles. The number of aryl methyl sites for hydroxylation is 1.